The van der Waals surface area contributed by atoms with Gasteiger partial charge in [0.05, 0.1) is 11.3 Å². The highest BCUT2D eigenvalue weighted by Gasteiger charge is 2.26. The number of hydrogen-bond acceptors (Lipinski definition) is 8. The molecule has 9 heteroatoms. The number of nitrogens with one attached hydrogen (secondary N) is 2. The average Bonchev–Trinajstić information content (AvgIpc) is 3.46. The van der Waals surface area contributed by atoms with Gasteiger partial charge in [-0.3, -0.25) is 4.79 Å². The number of carbonyl (C=O) groups excluding carboxylic acids is 1. The Kier molecular flexibility index (Phi) is 11.9. The van der Waals surface area contributed by atoms with Crippen LogP contribution in [-0.4, -0.2) is 49.3 Å². The Hall–Kier alpha value is -3.22. The van der Waals surface area contributed by atoms with Crippen molar-refractivity contribution in [2.75, 3.05) is 18.9 Å². The van der Waals surface area contributed by atoms with Crippen molar-refractivity contribution in [3.05, 3.63) is 51.9 Å². The molecule has 0 fully saturated rings. The van der Waals surface area contributed by atoms with Crippen molar-refractivity contribution in [1.29, 1.82) is 5.26 Å². The molecule has 2 aliphatic rings. The largest absolute Gasteiger partial charge is 0.483 e. The van der Waals surface area contributed by atoms with E-state index in [1.54, 1.807) is 11.3 Å². The number of oxime groups is 1. The van der Waals surface area contributed by atoms with Gasteiger partial charge in [-0.2, -0.15) is 5.26 Å². The van der Waals surface area contributed by atoms with E-state index in [0.717, 1.165) is 54.8 Å². The van der Waals surface area contributed by atoms with E-state index in [-0.39, 0.29) is 12.6 Å². The van der Waals surface area contributed by atoms with E-state index in [0.29, 0.717) is 18.4 Å². The van der Waals surface area contributed by atoms with Gasteiger partial charge in [-0.1, -0.05) is 42.4 Å². The van der Waals surface area contributed by atoms with Crippen molar-refractivity contribution in [3.63, 3.8) is 0 Å². The highest BCUT2D eigenvalue weighted by Crippen LogP contribution is 2.37. The number of carbonyl (C=O) groups is 2. The number of hydrogen-bond donors (Lipinski definition) is 3. The molecule has 0 radical (unpaired) electrons. The Labute approximate surface area is 211 Å². The zero-order valence-electron chi connectivity index (χ0n) is 20.5. The lowest BCUT2D eigenvalue weighted by Gasteiger charge is -2.23. The summed E-state index contributed by atoms with van der Waals surface area (Å²) in [5, 5.41) is 28.0. The van der Waals surface area contributed by atoms with Crippen LogP contribution < -0.4 is 10.6 Å². The van der Waals surface area contributed by atoms with Crippen LogP contribution in [-0.2, 0) is 27.3 Å². The van der Waals surface area contributed by atoms with Crippen LogP contribution in [0.4, 0.5) is 5.00 Å². The molecule has 2 heterocycles. The molecule has 8 nitrogen and oxygen atoms in total. The Balaban J connectivity index is 0.000000260. The maximum absolute atomic E-state index is 10.2. The van der Waals surface area contributed by atoms with Crippen molar-refractivity contribution in [3.8, 4) is 6.07 Å². The van der Waals surface area contributed by atoms with Gasteiger partial charge in [0.2, 0.25) is 0 Å². The molecule has 2 aromatic rings. The number of rotatable bonds is 7. The zero-order valence-corrected chi connectivity index (χ0v) is 21.3. The van der Waals surface area contributed by atoms with Crippen LogP contribution in [0.5, 0.6) is 0 Å². The molecule has 3 unspecified atom stereocenters. The Bertz CT molecular complexity index is 1020. The molecular weight excluding hydrogens is 464 g/mol. The summed E-state index contributed by atoms with van der Waals surface area (Å²) in [6.07, 6.45) is 5.78. The van der Waals surface area contributed by atoms with Gasteiger partial charge >= 0.3 is 0 Å². The van der Waals surface area contributed by atoms with Crippen molar-refractivity contribution in [2.45, 2.75) is 64.0 Å². The Morgan fingerprint density at radius 3 is 2.60 bits per heavy atom. The van der Waals surface area contributed by atoms with Crippen LogP contribution in [0.25, 0.3) is 0 Å². The fourth-order valence-corrected chi connectivity index (χ4v) is 5.29. The first kappa shape index (κ1) is 28.0. The van der Waals surface area contributed by atoms with E-state index in [9.17, 15) is 10.1 Å². The molecule has 3 atom stereocenters. The van der Waals surface area contributed by atoms with Gasteiger partial charge < -0.3 is 25.4 Å². The summed E-state index contributed by atoms with van der Waals surface area (Å²) in [6, 6.07) is 12.9. The molecule has 1 aromatic heterocycles. The maximum atomic E-state index is 10.2. The molecular formula is C26H34N4O4S. The third-order valence-corrected chi connectivity index (χ3v) is 7.17. The van der Waals surface area contributed by atoms with Crippen molar-refractivity contribution in [2.24, 2.45) is 5.16 Å². The smallest absolute Gasteiger partial charge is 0.290 e. The highest BCUT2D eigenvalue weighted by atomic mass is 32.1. The first-order chi connectivity index (χ1) is 17.0. The molecule has 1 aromatic carbocycles. The lowest BCUT2D eigenvalue weighted by atomic mass is 9.92. The van der Waals surface area contributed by atoms with Gasteiger partial charge in [0, 0.05) is 37.4 Å². The van der Waals surface area contributed by atoms with E-state index in [4.69, 9.17) is 14.7 Å². The first-order valence-corrected chi connectivity index (χ1v) is 12.5. The molecule has 0 saturated carbocycles. The van der Waals surface area contributed by atoms with E-state index < -0.39 is 0 Å². The van der Waals surface area contributed by atoms with E-state index in [1.807, 2.05) is 44.3 Å². The number of benzene rings is 1. The summed E-state index contributed by atoms with van der Waals surface area (Å²) in [5.74, 6) is 0.355. The lowest BCUT2D eigenvalue weighted by molar-refractivity contribution is -0.122. The Morgan fingerprint density at radius 2 is 2.03 bits per heavy atom. The second-order valence-electron chi connectivity index (χ2n) is 8.49. The third kappa shape index (κ3) is 8.50. The van der Waals surface area contributed by atoms with Crippen LogP contribution >= 0.6 is 11.3 Å². The van der Waals surface area contributed by atoms with Crippen LogP contribution in [0.3, 0.4) is 0 Å². The molecule has 0 spiro atoms. The van der Waals surface area contributed by atoms with Crippen molar-refractivity contribution < 1.29 is 19.5 Å². The lowest BCUT2D eigenvalue weighted by Crippen LogP contribution is -2.37. The predicted octanol–water partition coefficient (Wildman–Crippen LogP) is 4.35. The monoisotopic (exact) mass is 498 g/mol. The number of nitrogens with zero attached hydrogens (tertiary/aromatic N) is 2. The normalized spacial score (nSPS) is 18.6. The second-order valence-corrected chi connectivity index (χ2v) is 9.59. The molecule has 0 saturated heterocycles. The molecule has 1 aliphatic heterocycles. The summed E-state index contributed by atoms with van der Waals surface area (Å²) < 4.78 is 0. The molecule has 188 valence electrons. The number of thiophene rings is 1. The van der Waals surface area contributed by atoms with Crippen LogP contribution in [0.1, 0.15) is 60.6 Å². The van der Waals surface area contributed by atoms with Gasteiger partial charge in [-0.25, -0.2) is 0 Å². The van der Waals surface area contributed by atoms with Gasteiger partial charge in [0.15, 0.2) is 0 Å². The number of fused-ring (bicyclic) bond motifs is 1. The molecule has 3 N–H and O–H groups in total. The number of aldehydes is 1. The van der Waals surface area contributed by atoms with Crippen LogP contribution in [0.2, 0.25) is 0 Å². The molecule has 0 amide bonds. The Morgan fingerprint density at radius 1 is 1.31 bits per heavy atom. The fourth-order valence-electron chi connectivity index (χ4n) is 4.05. The van der Waals surface area contributed by atoms with Gasteiger partial charge in [0.1, 0.15) is 23.5 Å². The summed E-state index contributed by atoms with van der Waals surface area (Å²) in [7, 11) is 1.88. The molecule has 35 heavy (non-hydrogen) atoms. The maximum Gasteiger partial charge on any atom is 0.290 e. The summed E-state index contributed by atoms with van der Waals surface area (Å²) in [4.78, 5) is 25.1. The zero-order chi connectivity index (χ0) is 25.6. The second kappa shape index (κ2) is 14.9. The van der Waals surface area contributed by atoms with Gasteiger partial charge in [-0.15, -0.1) is 11.3 Å². The van der Waals surface area contributed by atoms with Gasteiger partial charge in [-0.05, 0) is 43.2 Å². The topological polar surface area (TPSA) is 124 Å². The summed E-state index contributed by atoms with van der Waals surface area (Å²) in [6.45, 7) is 4.65. The van der Waals surface area contributed by atoms with E-state index >= 15 is 0 Å². The third-order valence-electron chi connectivity index (χ3n) is 5.90. The molecule has 1 aliphatic carbocycles. The predicted molar refractivity (Wildman–Crippen MR) is 139 cm³/mol. The summed E-state index contributed by atoms with van der Waals surface area (Å²) in [5.41, 5.74) is 4.44. The highest BCUT2D eigenvalue weighted by molar-refractivity contribution is 7.16. The van der Waals surface area contributed by atoms with Crippen LogP contribution in [0.15, 0.2) is 35.5 Å². The minimum Gasteiger partial charge on any atom is -0.483 e. The number of nitriles is 1. The van der Waals surface area contributed by atoms with Crippen LogP contribution in [0, 0.1) is 11.3 Å². The molecule has 4 rings (SSSR count). The molecule has 0 bridgehead atoms. The quantitative estimate of drug-likeness (QED) is 0.485. The standard InChI is InChI=1S/C15H20N4OS.C10H12O.CH2O2/c1-9-5-11(19-20-9)8-18-10-3-4-12-13(7-16)15(17-2)21-14(12)6-10;1-9(7-8-11)10-5-3-2-4-6-10;2-1-3/h9-10,17-18H,3-6,8H2,1-2H3;2-6,8-9H,7H2,1H3;1H,(H,2,3). The minimum absolute atomic E-state index is 0.216. The van der Waals surface area contributed by atoms with E-state index in [1.165, 1.54) is 16.0 Å². The first-order valence-electron chi connectivity index (χ1n) is 11.7. The minimum atomic E-state index is -0.250. The van der Waals surface area contributed by atoms with Crippen molar-refractivity contribution >= 4 is 34.8 Å². The number of anilines is 1. The van der Waals surface area contributed by atoms with Gasteiger partial charge in [0.25, 0.3) is 6.47 Å². The fraction of sp³-hybridized carbons (Fsp3) is 0.462. The summed E-state index contributed by atoms with van der Waals surface area (Å²) >= 11 is 1.72. The SMILES string of the molecule is CC(CC=O)c1ccccc1.CNc1sc2c(c1C#N)CCC(NCC1=NOC(C)C1)C2.O=CO. The van der Waals surface area contributed by atoms with Crippen molar-refractivity contribution in [1.82, 2.24) is 5.32 Å². The van der Waals surface area contributed by atoms with E-state index in [2.05, 4.69) is 28.8 Å². The number of carboxylic acid groups (broad SMARTS) is 1. The average molecular weight is 499 g/mol.